The lowest BCUT2D eigenvalue weighted by Crippen LogP contribution is -1.94. The Morgan fingerprint density at radius 3 is 2.07 bits per heavy atom. The SMILES string of the molecule is Cc1cc(/N=N/c2cc3ccccc3cc2C(=O)Sc2ccccc2)cc(C)c1O. The van der Waals surface area contributed by atoms with Crippen LogP contribution < -0.4 is 0 Å². The molecule has 0 saturated carbocycles. The molecule has 0 bridgehead atoms. The maximum atomic E-state index is 13.1. The molecular formula is C25H20N2O2S. The average Bonchev–Trinajstić information content (AvgIpc) is 2.76. The molecule has 1 N–H and O–H groups in total. The first-order chi connectivity index (χ1) is 14.5. The molecule has 4 nitrogen and oxygen atoms in total. The molecule has 0 heterocycles. The number of azo groups is 1. The number of hydrogen-bond acceptors (Lipinski definition) is 5. The molecule has 0 aliphatic heterocycles. The number of rotatable bonds is 4. The topological polar surface area (TPSA) is 62.0 Å². The molecule has 0 aliphatic rings. The summed E-state index contributed by atoms with van der Waals surface area (Å²) in [5.41, 5.74) is 3.13. The number of carbonyl (C=O) groups is 1. The summed E-state index contributed by atoms with van der Waals surface area (Å²) >= 11 is 1.17. The summed E-state index contributed by atoms with van der Waals surface area (Å²) in [4.78, 5) is 13.9. The van der Waals surface area contributed by atoms with E-state index < -0.39 is 0 Å². The molecule has 4 aromatic carbocycles. The Morgan fingerprint density at radius 1 is 0.800 bits per heavy atom. The minimum Gasteiger partial charge on any atom is -0.507 e. The zero-order chi connectivity index (χ0) is 21.1. The van der Waals surface area contributed by atoms with Crippen LogP contribution in [0.4, 0.5) is 11.4 Å². The van der Waals surface area contributed by atoms with Gasteiger partial charge in [-0.15, -0.1) is 5.11 Å². The van der Waals surface area contributed by atoms with Gasteiger partial charge >= 0.3 is 0 Å². The summed E-state index contributed by atoms with van der Waals surface area (Å²) in [5, 5.41) is 20.6. The van der Waals surface area contributed by atoms with E-state index in [1.54, 1.807) is 12.1 Å². The summed E-state index contributed by atoms with van der Waals surface area (Å²) < 4.78 is 0. The van der Waals surface area contributed by atoms with Crippen LogP contribution in [0.25, 0.3) is 10.8 Å². The zero-order valence-corrected chi connectivity index (χ0v) is 17.5. The molecular weight excluding hydrogens is 392 g/mol. The molecule has 0 atom stereocenters. The first-order valence-electron chi connectivity index (χ1n) is 9.53. The van der Waals surface area contributed by atoms with E-state index in [0.717, 1.165) is 26.8 Å². The van der Waals surface area contributed by atoms with Gasteiger partial charge in [0.25, 0.3) is 0 Å². The van der Waals surface area contributed by atoms with E-state index in [9.17, 15) is 9.90 Å². The second kappa shape index (κ2) is 8.51. The quantitative estimate of drug-likeness (QED) is 0.279. The number of thioether (sulfide) groups is 1. The lowest BCUT2D eigenvalue weighted by molar-refractivity contribution is 0.108. The Morgan fingerprint density at radius 2 is 1.40 bits per heavy atom. The Bertz CT molecular complexity index is 1240. The maximum absolute atomic E-state index is 13.1. The van der Waals surface area contributed by atoms with Crippen LogP contribution in [0.15, 0.2) is 94.0 Å². The monoisotopic (exact) mass is 412 g/mol. The lowest BCUT2D eigenvalue weighted by atomic mass is 10.1. The van der Waals surface area contributed by atoms with Gasteiger partial charge in [-0.25, -0.2) is 0 Å². The second-order valence-electron chi connectivity index (χ2n) is 7.05. The van der Waals surface area contributed by atoms with Crippen LogP contribution in [0.1, 0.15) is 21.5 Å². The summed E-state index contributed by atoms with van der Waals surface area (Å²) in [6.07, 6.45) is 0. The fraction of sp³-hybridized carbons (Fsp3) is 0.0800. The Balaban J connectivity index is 1.75. The average molecular weight is 413 g/mol. The van der Waals surface area contributed by atoms with E-state index in [2.05, 4.69) is 10.2 Å². The van der Waals surface area contributed by atoms with Crippen molar-refractivity contribution in [3.05, 3.63) is 95.6 Å². The number of phenolic OH excluding ortho intramolecular Hbond substituents is 1. The van der Waals surface area contributed by atoms with Crippen LogP contribution in [0.2, 0.25) is 0 Å². The highest BCUT2D eigenvalue weighted by molar-refractivity contribution is 8.14. The van der Waals surface area contributed by atoms with Gasteiger partial charge in [-0.3, -0.25) is 4.79 Å². The summed E-state index contributed by atoms with van der Waals surface area (Å²) in [6.45, 7) is 3.64. The molecule has 4 rings (SSSR count). The third-order valence-electron chi connectivity index (χ3n) is 4.79. The molecule has 0 spiro atoms. The van der Waals surface area contributed by atoms with Crippen LogP contribution in [0.3, 0.4) is 0 Å². The van der Waals surface area contributed by atoms with Crippen molar-refractivity contribution >= 4 is 39.0 Å². The first kappa shape index (κ1) is 19.9. The zero-order valence-electron chi connectivity index (χ0n) is 16.7. The van der Waals surface area contributed by atoms with Crippen LogP contribution in [0.5, 0.6) is 5.75 Å². The van der Waals surface area contributed by atoms with Crippen molar-refractivity contribution in [2.45, 2.75) is 18.7 Å². The van der Waals surface area contributed by atoms with Crippen molar-refractivity contribution in [2.75, 3.05) is 0 Å². The van der Waals surface area contributed by atoms with E-state index in [-0.39, 0.29) is 10.9 Å². The normalized spacial score (nSPS) is 11.3. The van der Waals surface area contributed by atoms with Crippen molar-refractivity contribution in [3.8, 4) is 5.75 Å². The third kappa shape index (κ3) is 4.26. The first-order valence-corrected chi connectivity index (χ1v) is 10.3. The molecule has 0 aliphatic carbocycles. The number of phenols is 1. The summed E-state index contributed by atoms with van der Waals surface area (Å²) in [6, 6.07) is 24.7. The number of aromatic hydroxyl groups is 1. The van der Waals surface area contributed by atoms with Crippen molar-refractivity contribution in [1.82, 2.24) is 0 Å². The number of nitrogens with zero attached hydrogens (tertiary/aromatic N) is 2. The molecule has 0 aromatic heterocycles. The molecule has 30 heavy (non-hydrogen) atoms. The fourth-order valence-corrected chi connectivity index (χ4v) is 4.01. The molecule has 0 radical (unpaired) electrons. The van der Waals surface area contributed by atoms with Crippen molar-refractivity contribution < 1.29 is 9.90 Å². The van der Waals surface area contributed by atoms with Gasteiger partial charge in [0, 0.05) is 4.90 Å². The Labute approximate surface area is 179 Å². The molecule has 0 amide bonds. The van der Waals surface area contributed by atoms with Gasteiger partial charge < -0.3 is 5.11 Å². The predicted molar refractivity (Wildman–Crippen MR) is 122 cm³/mol. The second-order valence-corrected chi connectivity index (χ2v) is 8.09. The van der Waals surface area contributed by atoms with E-state index in [1.807, 2.05) is 80.6 Å². The van der Waals surface area contributed by atoms with E-state index in [4.69, 9.17) is 0 Å². The standard InChI is InChI=1S/C25H20N2O2S/c1-16-12-20(13-17(2)24(16)28)26-27-23-15-19-9-7-6-8-18(19)14-22(23)25(29)30-21-10-4-3-5-11-21/h3-15,28H,1-2H3/b27-26+. The molecule has 0 unspecified atom stereocenters. The highest BCUT2D eigenvalue weighted by atomic mass is 32.2. The fourth-order valence-electron chi connectivity index (χ4n) is 3.23. The number of benzene rings is 4. The lowest BCUT2D eigenvalue weighted by Gasteiger charge is -2.08. The molecule has 0 fully saturated rings. The third-order valence-corrected chi connectivity index (χ3v) is 5.70. The van der Waals surface area contributed by atoms with Crippen LogP contribution in [-0.2, 0) is 0 Å². The van der Waals surface area contributed by atoms with E-state index in [0.29, 0.717) is 16.9 Å². The minimum atomic E-state index is -0.0843. The predicted octanol–water partition coefficient (Wildman–Crippen LogP) is 7.51. The Kier molecular flexibility index (Phi) is 5.63. The largest absolute Gasteiger partial charge is 0.507 e. The van der Waals surface area contributed by atoms with Crippen LogP contribution >= 0.6 is 11.8 Å². The van der Waals surface area contributed by atoms with Gasteiger partial charge in [-0.1, -0.05) is 42.5 Å². The van der Waals surface area contributed by atoms with Crippen molar-refractivity contribution in [2.24, 2.45) is 10.2 Å². The van der Waals surface area contributed by atoms with Crippen LogP contribution in [-0.4, -0.2) is 10.2 Å². The van der Waals surface area contributed by atoms with Gasteiger partial charge in [0.2, 0.25) is 5.12 Å². The van der Waals surface area contributed by atoms with Gasteiger partial charge in [0.1, 0.15) is 5.75 Å². The van der Waals surface area contributed by atoms with E-state index in [1.165, 1.54) is 11.8 Å². The smallest absolute Gasteiger partial charge is 0.226 e. The number of fused-ring (bicyclic) bond motifs is 1. The highest BCUT2D eigenvalue weighted by Gasteiger charge is 2.15. The summed E-state index contributed by atoms with van der Waals surface area (Å²) in [5.74, 6) is 0.259. The maximum Gasteiger partial charge on any atom is 0.226 e. The van der Waals surface area contributed by atoms with E-state index >= 15 is 0 Å². The number of hydrogen-bond donors (Lipinski definition) is 1. The highest BCUT2D eigenvalue weighted by Crippen LogP contribution is 2.34. The van der Waals surface area contributed by atoms with Crippen molar-refractivity contribution in [3.63, 3.8) is 0 Å². The molecule has 0 saturated heterocycles. The van der Waals surface area contributed by atoms with Crippen LogP contribution in [0, 0.1) is 13.8 Å². The van der Waals surface area contributed by atoms with Gasteiger partial charge in [0.05, 0.1) is 16.9 Å². The number of carbonyl (C=O) groups excluding carboxylic acids is 1. The molecule has 148 valence electrons. The number of aryl methyl sites for hydroxylation is 2. The molecule has 4 aromatic rings. The Hall–Kier alpha value is -3.44. The van der Waals surface area contributed by atoms with Gasteiger partial charge in [0.15, 0.2) is 0 Å². The van der Waals surface area contributed by atoms with Gasteiger partial charge in [-0.2, -0.15) is 5.11 Å². The molecule has 5 heteroatoms. The van der Waals surface area contributed by atoms with Gasteiger partial charge in [-0.05, 0) is 83.9 Å². The minimum absolute atomic E-state index is 0.0843. The summed E-state index contributed by atoms with van der Waals surface area (Å²) in [7, 11) is 0. The van der Waals surface area contributed by atoms with Crippen molar-refractivity contribution in [1.29, 1.82) is 0 Å².